The Balaban J connectivity index is 2.79. The average Bonchev–Trinajstić information content (AvgIpc) is 2.16. The van der Waals surface area contributed by atoms with Gasteiger partial charge in [0.15, 0.2) is 0 Å². The van der Waals surface area contributed by atoms with Gasteiger partial charge in [-0.3, -0.25) is 0 Å². The molecule has 0 aliphatic rings. The van der Waals surface area contributed by atoms with Crippen molar-refractivity contribution in [1.82, 2.24) is 0 Å². The summed E-state index contributed by atoms with van der Waals surface area (Å²) in [7, 11) is 0. The lowest BCUT2D eigenvalue weighted by Gasteiger charge is -1.98. The number of para-hydroxylation sites is 1. The summed E-state index contributed by atoms with van der Waals surface area (Å²) in [5.41, 5.74) is 1.05. The van der Waals surface area contributed by atoms with Gasteiger partial charge in [0.25, 0.3) is 0 Å². The van der Waals surface area contributed by atoms with Crippen LogP contribution in [0.25, 0.3) is 0 Å². The number of benzene rings is 1. The van der Waals surface area contributed by atoms with Gasteiger partial charge in [-0.25, -0.2) is 4.99 Å². The Morgan fingerprint density at radius 3 is 2.50 bits per heavy atom. The molecule has 0 atom stereocenters. The molecule has 0 unspecified atom stereocenters. The molecule has 0 aromatic heterocycles. The fourth-order valence-corrected chi connectivity index (χ4v) is 1.40. The van der Waals surface area contributed by atoms with E-state index in [4.69, 9.17) is 0 Å². The number of thioether (sulfide) groups is 1. The van der Waals surface area contributed by atoms with Crippen molar-refractivity contribution in [2.75, 3.05) is 6.26 Å². The van der Waals surface area contributed by atoms with Gasteiger partial charge in [0, 0.05) is 0 Å². The van der Waals surface area contributed by atoms with Crippen LogP contribution >= 0.6 is 11.8 Å². The van der Waals surface area contributed by atoms with Crippen LogP contribution in [-0.4, -0.2) is 11.3 Å². The second kappa shape index (κ2) is 4.99. The first kappa shape index (κ1) is 9.33. The average molecular weight is 179 g/mol. The lowest BCUT2D eigenvalue weighted by atomic mass is 10.3. The smallest absolute Gasteiger partial charge is 0.0733 e. The lowest BCUT2D eigenvalue weighted by Crippen LogP contribution is -1.85. The molecule has 1 aromatic carbocycles. The maximum Gasteiger partial charge on any atom is 0.0733 e. The Labute approximate surface area is 77.9 Å². The van der Waals surface area contributed by atoms with E-state index < -0.39 is 0 Å². The normalized spacial score (nSPS) is 11.7. The van der Waals surface area contributed by atoms with Crippen molar-refractivity contribution in [1.29, 1.82) is 0 Å². The summed E-state index contributed by atoms with van der Waals surface area (Å²) in [6.07, 6.45) is 3.07. The standard InChI is InChI=1S/C10H13NS/c1-3-10(12-2)11-9-7-5-4-6-8-9/h4-8H,3H2,1-2H3. The summed E-state index contributed by atoms with van der Waals surface area (Å²) in [5, 5.41) is 1.18. The topological polar surface area (TPSA) is 12.4 Å². The molecule has 12 heavy (non-hydrogen) atoms. The number of hydrogen-bond acceptors (Lipinski definition) is 2. The summed E-state index contributed by atoms with van der Waals surface area (Å²) < 4.78 is 0. The molecule has 0 amide bonds. The zero-order valence-electron chi connectivity index (χ0n) is 7.45. The van der Waals surface area contributed by atoms with Crippen LogP contribution in [0.5, 0.6) is 0 Å². The van der Waals surface area contributed by atoms with Gasteiger partial charge in [-0.05, 0) is 24.8 Å². The van der Waals surface area contributed by atoms with Gasteiger partial charge in [0.05, 0.1) is 10.7 Å². The van der Waals surface area contributed by atoms with Gasteiger partial charge in [-0.15, -0.1) is 11.8 Å². The van der Waals surface area contributed by atoms with Crippen molar-refractivity contribution in [3.05, 3.63) is 30.3 Å². The van der Waals surface area contributed by atoms with Crippen LogP contribution in [0.4, 0.5) is 5.69 Å². The second-order valence-electron chi connectivity index (χ2n) is 2.40. The van der Waals surface area contributed by atoms with Crippen LogP contribution in [0.3, 0.4) is 0 Å². The highest BCUT2D eigenvalue weighted by molar-refractivity contribution is 8.13. The van der Waals surface area contributed by atoms with Crippen molar-refractivity contribution >= 4 is 22.5 Å². The van der Waals surface area contributed by atoms with Crippen molar-refractivity contribution in [2.45, 2.75) is 13.3 Å². The minimum atomic E-state index is 1.01. The Hall–Kier alpha value is -0.760. The van der Waals surface area contributed by atoms with Crippen LogP contribution in [0.15, 0.2) is 35.3 Å². The highest BCUT2D eigenvalue weighted by Crippen LogP contribution is 2.14. The molecule has 0 saturated carbocycles. The first-order valence-corrected chi connectivity index (χ1v) is 5.26. The van der Waals surface area contributed by atoms with Gasteiger partial charge in [0.1, 0.15) is 0 Å². The summed E-state index contributed by atoms with van der Waals surface area (Å²) in [5.74, 6) is 0. The molecule has 1 rings (SSSR count). The lowest BCUT2D eigenvalue weighted by molar-refractivity contribution is 1.30. The zero-order valence-corrected chi connectivity index (χ0v) is 8.27. The zero-order chi connectivity index (χ0) is 8.81. The SMILES string of the molecule is CCC(=Nc1ccccc1)SC. The van der Waals surface area contributed by atoms with Gasteiger partial charge in [0.2, 0.25) is 0 Å². The van der Waals surface area contributed by atoms with Crippen LogP contribution in [0.1, 0.15) is 13.3 Å². The maximum atomic E-state index is 4.48. The van der Waals surface area contributed by atoms with E-state index in [1.54, 1.807) is 11.8 Å². The van der Waals surface area contributed by atoms with Gasteiger partial charge in [-0.1, -0.05) is 25.1 Å². The molecule has 0 radical (unpaired) electrons. The second-order valence-corrected chi connectivity index (χ2v) is 3.28. The van der Waals surface area contributed by atoms with E-state index in [-0.39, 0.29) is 0 Å². The van der Waals surface area contributed by atoms with Crippen LogP contribution in [0, 0.1) is 0 Å². The van der Waals surface area contributed by atoms with Crippen molar-refractivity contribution in [2.24, 2.45) is 4.99 Å². The fourth-order valence-electron chi connectivity index (χ4n) is 0.916. The largest absolute Gasteiger partial charge is 0.247 e. The Kier molecular flexibility index (Phi) is 3.88. The molecule has 64 valence electrons. The molecule has 0 aliphatic carbocycles. The Morgan fingerprint density at radius 2 is 2.00 bits per heavy atom. The molecule has 0 fully saturated rings. The third kappa shape index (κ3) is 2.70. The van der Waals surface area contributed by atoms with Crippen molar-refractivity contribution in [3.63, 3.8) is 0 Å². The molecular formula is C10H13NS. The van der Waals surface area contributed by atoms with Gasteiger partial charge < -0.3 is 0 Å². The van der Waals surface area contributed by atoms with E-state index >= 15 is 0 Å². The summed E-state index contributed by atoms with van der Waals surface area (Å²) >= 11 is 1.71. The van der Waals surface area contributed by atoms with E-state index in [0.717, 1.165) is 12.1 Å². The molecule has 0 saturated heterocycles. The van der Waals surface area contributed by atoms with Crippen LogP contribution in [0.2, 0.25) is 0 Å². The third-order valence-corrected chi connectivity index (χ3v) is 2.40. The number of hydrogen-bond donors (Lipinski definition) is 0. The first-order valence-electron chi connectivity index (χ1n) is 4.03. The number of rotatable bonds is 2. The fraction of sp³-hybridized carbons (Fsp3) is 0.300. The Bertz CT molecular complexity index is 248. The minimum Gasteiger partial charge on any atom is -0.247 e. The van der Waals surface area contributed by atoms with E-state index in [1.807, 2.05) is 30.3 Å². The quantitative estimate of drug-likeness (QED) is 0.500. The summed E-state index contributed by atoms with van der Waals surface area (Å²) in [6.45, 7) is 2.12. The molecule has 0 N–H and O–H groups in total. The van der Waals surface area contributed by atoms with E-state index in [2.05, 4.69) is 18.2 Å². The molecule has 0 bridgehead atoms. The monoisotopic (exact) mass is 179 g/mol. The predicted molar refractivity (Wildman–Crippen MR) is 57.3 cm³/mol. The van der Waals surface area contributed by atoms with Crippen molar-refractivity contribution in [3.8, 4) is 0 Å². The van der Waals surface area contributed by atoms with Gasteiger partial charge in [-0.2, -0.15) is 0 Å². The van der Waals surface area contributed by atoms with E-state index in [9.17, 15) is 0 Å². The molecule has 1 nitrogen and oxygen atoms in total. The number of nitrogens with zero attached hydrogens (tertiary/aromatic N) is 1. The summed E-state index contributed by atoms with van der Waals surface area (Å²) in [6, 6.07) is 10.1. The molecule has 2 heteroatoms. The first-order chi connectivity index (χ1) is 5.86. The molecule has 1 aromatic rings. The molecule has 0 aliphatic heterocycles. The number of aliphatic imine (C=N–C) groups is 1. The molecule has 0 heterocycles. The highest BCUT2D eigenvalue weighted by atomic mass is 32.2. The minimum absolute atomic E-state index is 1.01. The predicted octanol–water partition coefficient (Wildman–Crippen LogP) is 3.49. The molecule has 0 spiro atoms. The Morgan fingerprint density at radius 1 is 1.33 bits per heavy atom. The van der Waals surface area contributed by atoms with E-state index in [0.29, 0.717) is 0 Å². The van der Waals surface area contributed by atoms with Crippen molar-refractivity contribution < 1.29 is 0 Å². The van der Waals surface area contributed by atoms with Crippen LogP contribution < -0.4 is 0 Å². The van der Waals surface area contributed by atoms with E-state index in [1.165, 1.54) is 5.04 Å². The highest BCUT2D eigenvalue weighted by Gasteiger charge is 1.92. The van der Waals surface area contributed by atoms with Crippen LogP contribution in [-0.2, 0) is 0 Å². The third-order valence-electron chi connectivity index (χ3n) is 1.55. The van der Waals surface area contributed by atoms with Gasteiger partial charge >= 0.3 is 0 Å². The molecular weight excluding hydrogens is 166 g/mol. The maximum absolute atomic E-state index is 4.48. The summed E-state index contributed by atoms with van der Waals surface area (Å²) in [4.78, 5) is 4.48.